The van der Waals surface area contributed by atoms with Gasteiger partial charge in [-0.15, -0.1) is 0 Å². The number of ether oxygens (including phenoxy) is 1. The molecule has 0 aliphatic carbocycles. The highest BCUT2D eigenvalue weighted by Gasteiger charge is 2.58. The molecular weight excluding hydrogens is 382 g/mol. The Morgan fingerprint density at radius 2 is 2.00 bits per heavy atom. The molecule has 2 bridgehead atoms. The fraction of sp³-hybridized carbons (Fsp3) is 0.353. The van der Waals surface area contributed by atoms with Crippen LogP contribution in [0.4, 0.5) is 16.0 Å². The summed E-state index contributed by atoms with van der Waals surface area (Å²) in [7, 11) is 0. The lowest BCUT2D eigenvalue weighted by atomic mass is 9.75. The zero-order valence-corrected chi connectivity index (χ0v) is 14.9. The quantitative estimate of drug-likeness (QED) is 0.830. The number of hydrogen-bond donors (Lipinski definition) is 2. The summed E-state index contributed by atoms with van der Waals surface area (Å²) in [6.07, 6.45) is 0.983. The second-order valence-electron chi connectivity index (χ2n) is 6.44. The number of amides is 1. The standard InChI is InChI=1S/C17H15Cl2FN4O2/c18-9-2-1-8(3-10(9)19)24-16(25)14-13(7-5-22-17(21)23-6-7)12-4-11(20)15(14)26-12/h1-3,5-6,11-15H,4H2,(H,24,25)(H2,21,22,23)/t11-,12+,13+,14-,15-/m1/s1. The molecule has 5 atom stereocenters. The molecule has 2 aromatic rings. The van der Waals surface area contributed by atoms with Crippen LogP contribution in [0.3, 0.4) is 0 Å². The maximum Gasteiger partial charge on any atom is 0.230 e. The van der Waals surface area contributed by atoms with E-state index >= 15 is 0 Å². The van der Waals surface area contributed by atoms with Crippen molar-refractivity contribution in [2.45, 2.75) is 30.7 Å². The van der Waals surface area contributed by atoms with E-state index in [2.05, 4.69) is 15.3 Å². The fourth-order valence-corrected chi connectivity index (χ4v) is 4.03. The number of nitrogens with two attached hydrogens (primary N) is 1. The number of anilines is 2. The minimum Gasteiger partial charge on any atom is -0.370 e. The van der Waals surface area contributed by atoms with Crippen LogP contribution in [0.15, 0.2) is 30.6 Å². The first-order valence-electron chi connectivity index (χ1n) is 8.07. The molecule has 1 aromatic heterocycles. The van der Waals surface area contributed by atoms with Crippen LogP contribution in [0.5, 0.6) is 0 Å². The number of benzene rings is 1. The highest BCUT2D eigenvalue weighted by molar-refractivity contribution is 6.42. The van der Waals surface area contributed by atoms with Gasteiger partial charge in [-0.1, -0.05) is 23.2 Å². The van der Waals surface area contributed by atoms with Gasteiger partial charge in [0.05, 0.1) is 22.1 Å². The molecule has 26 heavy (non-hydrogen) atoms. The summed E-state index contributed by atoms with van der Waals surface area (Å²) in [4.78, 5) is 20.9. The van der Waals surface area contributed by atoms with Gasteiger partial charge in [0.25, 0.3) is 0 Å². The van der Waals surface area contributed by atoms with E-state index in [0.717, 1.165) is 0 Å². The van der Waals surface area contributed by atoms with E-state index in [4.69, 9.17) is 33.7 Å². The predicted octanol–water partition coefficient (Wildman–Crippen LogP) is 3.21. The number of fused-ring (bicyclic) bond motifs is 2. The molecule has 3 heterocycles. The summed E-state index contributed by atoms with van der Waals surface area (Å²) >= 11 is 11.9. The van der Waals surface area contributed by atoms with E-state index in [1.807, 2.05) is 0 Å². The average molecular weight is 397 g/mol. The molecule has 9 heteroatoms. The van der Waals surface area contributed by atoms with Gasteiger partial charge in [-0.3, -0.25) is 4.79 Å². The van der Waals surface area contributed by atoms with Crippen LogP contribution in [-0.4, -0.2) is 34.3 Å². The van der Waals surface area contributed by atoms with Gasteiger partial charge in [-0.2, -0.15) is 0 Å². The van der Waals surface area contributed by atoms with Gasteiger partial charge in [0.2, 0.25) is 11.9 Å². The van der Waals surface area contributed by atoms with Crippen molar-refractivity contribution >= 4 is 40.7 Å². The van der Waals surface area contributed by atoms with Crippen LogP contribution in [-0.2, 0) is 9.53 Å². The Morgan fingerprint density at radius 1 is 1.27 bits per heavy atom. The Balaban J connectivity index is 1.62. The van der Waals surface area contributed by atoms with E-state index in [1.165, 1.54) is 0 Å². The van der Waals surface area contributed by atoms with E-state index < -0.39 is 24.3 Å². The maximum absolute atomic E-state index is 14.2. The fourth-order valence-electron chi connectivity index (χ4n) is 3.73. The number of nitrogens with one attached hydrogen (secondary N) is 1. The molecule has 3 N–H and O–H groups in total. The summed E-state index contributed by atoms with van der Waals surface area (Å²) < 4.78 is 20.0. The summed E-state index contributed by atoms with van der Waals surface area (Å²) in [5.41, 5.74) is 6.71. The lowest BCUT2D eigenvalue weighted by molar-refractivity contribution is -0.122. The van der Waals surface area contributed by atoms with Crippen LogP contribution in [0.25, 0.3) is 0 Å². The summed E-state index contributed by atoms with van der Waals surface area (Å²) in [5.74, 6) is -1.25. The molecule has 0 radical (unpaired) electrons. The molecular formula is C17H15Cl2FN4O2. The largest absolute Gasteiger partial charge is 0.370 e. The Labute approximate surface area is 158 Å². The van der Waals surface area contributed by atoms with Crippen molar-refractivity contribution in [3.63, 3.8) is 0 Å². The summed E-state index contributed by atoms with van der Waals surface area (Å²) in [6, 6.07) is 4.76. The molecule has 1 amide bonds. The van der Waals surface area contributed by atoms with Crippen LogP contribution in [0.2, 0.25) is 10.0 Å². The zero-order valence-electron chi connectivity index (χ0n) is 13.4. The number of halogens is 3. The van der Waals surface area contributed by atoms with Crippen molar-refractivity contribution < 1.29 is 13.9 Å². The van der Waals surface area contributed by atoms with Crippen LogP contribution in [0, 0.1) is 5.92 Å². The van der Waals surface area contributed by atoms with Gasteiger partial charge < -0.3 is 15.8 Å². The minimum absolute atomic E-state index is 0.137. The van der Waals surface area contributed by atoms with Gasteiger partial charge in [0, 0.05) is 30.4 Å². The van der Waals surface area contributed by atoms with Crippen LogP contribution < -0.4 is 11.1 Å². The highest BCUT2D eigenvalue weighted by Crippen LogP contribution is 2.50. The van der Waals surface area contributed by atoms with Gasteiger partial charge in [-0.05, 0) is 23.8 Å². The van der Waals surface area contributed by atoms with E-state index in [-0.39, 0.29) is 24.2 Å². The molecule has 1 aromatic carbocycles. The Hall–Kier alpha value is -1.96. The van der Waals surface area contributed by atoms with Gasteiger partial charge >= 0.3 is 0 Å². The van der Waals surface area contributed by atoms with Crippen molar-refractivity contribution in [3.8, 4) is 0 Å². The maximum atomic E-state index is 14.2. The molecule has 2 aliphatic rings. The zero-order chi connectivity index (χ0) is 18.4. The number of alkyl halides is 1. The smallest absolute Gasteiger partial charge is 0.230 e. The molecule has 136 valence electrons. The number of carbonyl (C=O) groups is 1. The lowest BCUT2D eigenvalue weighted by Gasteiger charge is -2.28. The molecule has 4 rings (SSSR count). The third kappa shape index (κ3) is 3.00. The molecule has 2 saturated heterocycles. The SMILES string of the molecule is Nc1ncc([C@@H]2[C@@H](C(=O)Nc3ccc(Cl)c(Cl)c3)[C@@H]3O[C@H]2C[C@H]3F)cn1. The number of rotatable bonds is 3. The van der Waals surface area contributed by atoms with E-state index in [9.17, 15) is 9.18 Å². The van der Waals surface area contributed by atoms with Crippen molar-refractivity contribution in [2.24, 2.45) is 5.92 Å². The number of aromatic nitrogens is 2. The van der Waals surface area contributed by atoms with E-state index in [1.54, 1.807) is 30.6 Å². The number of hydrogen-bond acceptors (Lipinski definition) is 5. The molecule has 6 nitrogen and oxygen atoms in total. The molecule has 2 aliphatic heterocycles. The third-order valence-electron chi connectivity index (χ3n) is 4.85. The minimum atomic E-state index is -1.18. The Morgan fingerprint density at radius 3 is 2.69 bits per heavy atom. The van der Waals surface area contributed by atoms with Gasteiger partial charge in [0.15, 0.2) is 0 Å². The summed E-state index contributed by atoms with van der Waals surface area (Å²) in [5, 5.41) is 3.48. The second-order valence-corrected chi connectivity index (χ2v) is 7.25. The second kappa shape index (κ2) is 6.64. The van der Waals surface area contributed by atoms with Crippen LogP contribution in [0.1, 0.15) is 17.9 Å². The van der Waals surface area contributed by atoms with E-state index in [0.29, 0.717) is 21.3 Å². The molecule has 0 spiro atoms. The first kappa shape index (κ1) is 17.5. The first-order chi connectivity index (χ1) is 12.4. The highest BCUT2D eigenvalue weighted by atomic mass is 35.5. The van der Waals surface area contributed by atoms with Crippen molar-refractivity contribution in [1.29, 1.82) is 0 Å². The average Bonchev–Trinajstić information content (AvgIpc) is 3.16. The monoisotopic (exact) mass is 396 g/mol. The van der Waals surface area contributed by atoms with Crippen molar-refractivity contribution in [3.05, 3.63) is 46.2 Å². The van der Waals surface area contributed by atoms with Crippen LogP contribution >= 0.6 is 23.2 Å². The molecule has 2 fully saturated rings. The lowest BCUT2D eigenvalue weighted by Crippen LogP contribution is -2.41. The van der Waals surface area contributed by atoms with Gasteiger partial charge in [-0.25, -0.2) is 14.4 Å². The molecule has 0 saturated carbocycles. The summed E-state index contributed by atoms with van der Waals surface area (Å²) in [6.45, 7) is 0. The van der Waals surface area contributed by atoms with Crippen molar-refractivity contribution in [2.75, 3.05) is 11.1 Å². The third-order valence-corrected chi connectivity index (χ3v) is 5.59. The first-order valence-corrected chi connectivity index (χ1v) is 8.82. The van der Waals surface area contributed by atoms with Gasteiger partial charge in [0.1, 0.15) is 12.3 Å². The number of carbonyl (C=O) groups excluding carboxylic acids is 1. The van der Waals surface area contributed by atoms with Crippen molar-refractivity contribution in [1.82, 2.24) is 9.97 Å². The topological polar surface area (TPSA) is 90.1 Å². The normalized spacial score (nSPS) is 29.7. The number of nitrogens with zero attached hydrogens (tertiary/aromatic N) is 2. The Bertz CT molecular complexity index is 851. The number of nitrogen functional groups attached to an aromatic ring is 1. The molecule has 0 unspecified atom stereocenters. The predicted molar refractivity (Wildman–Crippen MR) is 95.9 cm³/mol. The Kier molecular flexibility index (Phi) is 4.46.